The second kappa shape index (κ2) is 9.45. The Bertz CT molecular complexity index is 913. The zero-order valence-corrected chi connectivity index (χ0v) is 15.7. The Balaban J connectivity index is 1.92. The van der Waals surface area contributed by atoms with Crippen LogP contribution in [0.5, 0.6) is 0 Å². The van der Waals surface area contributed by atoms with Crippen LogP contribution in [0.1, 0.15) is 12.8 Å². The molecule has 2 aromatic carbocycles. The van der Waals surface area contributed by atoms with Crippen LogP contribution < -0.4 is 10.0 Å². The van der Waals surface area contributed by atoms with Gasteiger partial charge >= 0.3 is 5.97 Å². The van der Waals surface area contributed by atoms with Crippen LogP contribution in [0.2, 0.25) is 0 Å². The maximum absolute atomic E-state index is 12.4. The summed E-state index contributed by atoms with van der Waals surface area (Å²) in [5.41, 5.74) is 0. The normalized spacial score (nSPS) is 12.6. The Morgan fingerprint density at radius 3 is 2.52 bits per heavy atom. The molecule has 2 rings (SSSR count). The second-order valence-corrected chi connectivity index (χ2v) is 7.66. The first-order valence-electron chi connectivity index (χ1n) is 8.33. The lowest BCUT2D eigenvalue weighted by atomic mass is 10.1. The predicted octanol–water partition coefficient (Wildman–Crippen LogP) is 1.11. The van der Waals surface area contributed by atoms with E-state index in [-0.39, 0.29) is 30.9 Å². The Hall–Kier alpha value is -2.49. The zero-order chi connectivity index (χ0) is 19.9. The maximum atomic E-state index is 12.4. The number of hydrogen-bond donors (Lipinski definition) is 3. The van der Waals surface area contributed by atoms with Crippen LogP contribution in [0.25, 0.3) is 10.8 Å². The van der Waals surface area contributed by atoms with Gasteiger partial charge in [-0.2, -0.15) is 0 Å². The van der Waals surface area contributed by atoms with Crippen molar-refractivity contribution in [2.24, 2.45) is 0 Å². The number of fused-ring (bicyclic) bond motifs is 1. The van der Waals surface area contributed by atoms with Gasteiger partial charge in [0.1, 0.15) is 6.04 Å². The van der Waals surface area contributed by atoms with Crippen LogP contribution in [0, 0.1) is 0 Å². The van der Waals surface area contributed by atoms with E-state index in [1.54, 1.807) is 12.1 Å². The number of carboxylic acid groups (broad SMARTS) is 1. The molecule has 0 aliphatic heterocycles. The number of ether oxygens (including phenoxy) is 1. The number of hydrogen-bond acceptors (Lipinski definition) is 5. The highest BCUT2D eigenvalue weighted by Crippen LogP contribution is 2.18. The first kappa shape index (κ1) is 20.8. The molecule has 8 nitrogen and oxygen atoms in total. The SMILES string of the molecule is COCCC(NC(=O)CCNS(=O)(=O)c1ccc2ccccc2c1)C(=O)O. The third-order valence-electron chi connectivity index (χ3n) is 3.92. The topological polar surface area (TPSA) is 122 Å². The molecule has 0 radical (unpaired) electrons. The summed E-state index contributed by atoms with van der Waals surface area (Å²) in [7, 11) is -2.34. The molecule has 27 heavy (non-hydrogen) atoms. The Morgan fingerprint density at radius 1 is 1.15 bits per heavy atom. The molecule has 0 aromatic heterocycles. The fourth-order valence-electron chi connectivity index (χ4n) is 2.48. The minimum absolute atomic E-state index is 0.102. The highest BCUT2D eigenvalue weighted by Gasteiger charge is 2.20. The lowest BCUT2D eigenvalue weighted by Gasteiger charge is -2.14. The third kappa shape index (κ3) is 6.02. The summed E-state index contributed by atoms with van der Waals surface area (Å²) in [6.07, 6.45) is -0.0516. The van der Waals surface area contributed by atoms with Crippen molar-refractivity contribution in [1.82, 2.24) is 10.0 Å². The van der Waals surface area contributed by atoms with Gasteiger partial charge < -0.3 is 15.2 Å². The van der Waals surface area contributed by atoms with E-state index in [0.717, 1.165) is 10.8 Å². The molecule has 0 saturated heterocycles. The molecule has 1 unspecified atom stereocenters. The molecular formula is C18H22N2O6S. The summed E-state index contributed by atoms with van der Waals surface area (Å²) in [5.74, 6) is -1.73. The number of aliphatic carboxylic acids is 1. The van der Waals surface area contributed by atoms with Crippen molar-refractivity contribution in [3.8, 4) is 0 Å². The second-order valence-electron chi connectivity index (χ2n) is 5.90. The number of carbonyl (C=O) groups excluding carboxylic acids is 1. The Kier molecular flexibility index (Phi) is 7.28. The molecule has 0 fully saturated rings. The van der Waals surface area contributed by atoms with E-state index in [2.05, 4.69) is 10.0 Å². The van der Waals surface area contributed by atoms with E-state index in [1.807, 2.05) is 24.3 Å². The number of amides is 1. The van der Waals surface area contributed by atoms with Crippen molar-refractivity contribution in [1.29, 1.82) is 0 Å². The van der Waals surface area contributed by atoms with E-state index in [9.17, 15) is 18.0 Å². The van der Waals surface area contributed by atoms with Crippen LogP contribution in [-0.4, -0.2) is 51.7 Å². The van der Waals surface area contributed by atoms with Crippen molar-refractivity contribution in [3.63, 3.8) is 0 Å². The Labute approximate surface area is 157 Å². The van der Waals surface area contributed by atoms with Gasteiger partial charge in [0.05, 0.1) is 4.90 Å². The molecule has 9 heteroatoms. The standard InChI is InChI=1S/C18H22N2O6S/c1-26-11-9-16(18(22)23)20-17(21)8-10-19-27(24,25)15-7-6-13-4-2-3-5-14(13)12-15/h2-7,12,16,19H,8-11H2,1H3,(H,20,21)(H,22,23). The van der Waals surface area contributed by atoms with Crippen molar-refractivity contribution in [2.45, 2.75) is 23.8 Å². The number of carboxylic acids is 1. The van der Waals surface area contributed by atoms with E-state index in [4.69, 9.17) is 9.84 Å². The monoisotopic (exact) mass is 394 g/mol. The summed E-state index contributed by atoms with van der Waals surface area (Å²) >= 11 is 0. The van der Waals surface area contributed by atoms with Crippen molar-refractivity contribution in [3.05, 3.63) is 42.5 Å². The fourth-order valence-corrected chi connectivity index (χ4v) is 3.54. The van der Waals surface area contributed by atoms with Crippen molar-refractivity contribution in [2.75, 3.05) is 20.3 Å². The molecule has 3 N–H and O–H groups in total. The molecule has 0 aliphatic carbocycles. The summed E-state index contributed by atoms with van der Waals surface area (Å²) in [5, 5.41) is 13.1. The summed E-state index contributed by atoms with van der Waals surface area (Å²) < 4.78 is 31.9. The number of methoxy groups -OCH3 is 1. The summed E-state index contributed by atoms with van der Waals surface area (Å²) in [6, 6.07) is 11.1. The lowest BCUT2D eigenvalue weighted by Crippen LogP contribution is -2.42. The largest absolute Gasteiger partial charge is 0.480 e. The number of carbonyl (C=O) groups is 2. The average Bonchev–Trinajstić information content (AvgIpc) is 2.64. The minimum atomic E-state index is -3.77. The minimum Gasteiger partial charge on any atom is -0.480 e. The predicted molar refractivity (Wildman–Crippen MR) is 99.8 cm³/mol. The van der Waals surface area contributed by atoms with Gasteiger partial charge in [0.2, 0.25) is 15.9 Å². The van der Waals surface area contributed by atoms with E-state index < -0.39 is 27.9 Å². The molecule has 146 valence electrons. The number of nitrogens with one attached hydrogen (secondary N) is 2. The highest BCUT2D eigenvalue weighted by atomic mass is 32.2. The third-order valence-corrected chi connectivity index (χ3v) is 5.38. The molecule has 1 atom stereocenters. The van der Waals surface area contributed by atoms with Gasteiger partial charge in [-0.05, 0) is 22.9 Å². The smallest absolute Gasteiger partial charge is 0.326 e. The molecule has 0 saturated carbocycles. The molecule has 0 bridgehead atoms. The van der Waals surface area contributed by atoms with Crippen LogP contribution in [0.3, 0.4) is 0 Å². The summed E-state index contributed by atoms with van der Waals surface area (Å²) in [4.78, 5) is 23.1. The fraction of sp³-hybridized carbons (Fsp3) is 0.333. The van der Waals surface area contributed by atoms with Gasteiger partial charge in [-0.3, -0.25) is 4.79 Å². The zero-order valence-electron chi connectivity index (χ0n) is 14.8. The van der Waals surface area contributed by atoms with Crippen molar-refractivity contribution >= 4 is 32.7 Å². The van der Waals surface area contributed by atoms with Gasteiger partial charge in [-0.25, -0.2) is 17.9 Å². The first-order chi connectivity index (χ1) is 12.8. The van der Waals surface area contributed by atoms with Crippen molar-refractivity contribution < 1.29 is 27.9 Å². The van der Waals surface area contributed by atoms with Gasteiger partial charge in [-0.15, -0.1) is 0 Å². The van der Waals surface area contributed by atoms with E-state index in [1.165, 1.54) is 13.2 Å². The van der Waals surface area contributed by atoms with E-state index in [0.29, 0.717) is 0 Å². The summed E-state index contributed by atoms with van der Waals surface area (Å²) in [6.45, 7) is 0.0451. The highest BCUT2D eigenvalue weighted by molar-refractivity contribution is 7.89. The molecule has 1 amide bonds. The molecule has 2 aromatic rings. The first-order valence-corrected chi connectivity index (χ1v) is 9.81. The molecule has 0 spiro atoms. The van der Waals surface area contributed by atoms with Crippen LogP contribution in [0.4, 0.5) is 0 Å². The lowest BCUT2D eigenvalue weighted by molar-refractivity contribution is -0.142. The molecule has 0 heterocycles. The molecule has 0 aliphatic rings. The number of benzene rings is 2. The molecular weight excluding hydrogens is 372 g/mol. The number of rotatable bonds is 10. The van der Waals surface area contributed by atoms with Gasteiger partial charge in [-0.1, -0.05) is 30.3 Å². The van der Waals surface area contributed by atoms with Crippen LogP contribution >= 0.6 is 0 Å². The van der Waals surface area contributed by atoms with Gasteiger partial charge in [0.25, 0.3) is 0 Å². The van der Waals surface area contributed by atoms with Crippen LogP contribution in [-0.2, 0) is 24.3 Å². The van der Waals surface area contributed by atoms with Crippen LogP contribution in [0.15, 0.2) is 47.4 Å². The number of sulfonamides is 1. The maximum Gasteiger partial charge on any atom is 0.326 e. The van der Waals surface area contributed by atoms with Gasteiger partial charge in [0, 0.05) is 33.1 Å². The van der Waals surface area contributed by atoms with E-state index >= 15 is 0 Å². The van der Waals surface area contributed by atoms with Gasteiger partial charge in [0.15, 0.2) is 0 Å². The quantitative estimate of drug-likeness (QED) is 0.555. The average molecular weight is 394 g/mol. The Morgan fingerprint density at radius 2 is 1.85 bits per heavy atom.